The first-order valence-electron chi connectivity index (χ1n) is 14.1. The maximum atomic E-state index is 11.8. The molecule has 2 heterocycles. The van der Waals surface area contributed by atoms with E-state index in [1.807, 2.05) is 30.3 Å². The average Bonchev–Trinajstić information content (AvgIpc) is 2.89. The number of hydrogen-bond donors (Lipinski definition) is 0. The number of carbonyl (C=O) groups is 1. The number of likely N-dealkylation sites (tertiary alicyclic amines) is 1. The summed E-state index contributed by atoms with van der Waals surface area (Å²) in [4.78, 5) is 17.0. The first kappa shape index (κ1) is 29.1. The van der Waals surface area contributed by atoms with Crippen molar-refractivity contribution in [3.05, 3.63) is 60.2 Å². The Bertz CT molecular complexity index is 1240. The predicted molar refractivity (Wildman–Crippen MR) is 153 cm³/mol. The molecule has 7 nitrogen and oxygen atoms in total. The third kappa shape index (κ3) is 7.01. The van der Waals surface area contributed by atoms with Crippen LogP contribution in [0.4, 0.5) is 5.69 Å². The number of piperidine rings is 1. The highest BCUT2D eigenvalue weighted by atomic mass is 32.2. The zero-order chi connectivity index (χ0) is 28.0. The molecule has 0 N–H and O–H groups in total. The van der Waals surface area contributed by atoms with Crippen molar-refractivity contribution in [2.24, 2.45) is 11.8 Å². The first-order chi connectivity index (χ1) is 18.6. The lowest BCUT2D eigenvalue weighted by molar-refractivity contribution is -0.147. The van der Waals surface area contributed by atoms with E-state index in [1.165, 1.54) is 13.2 Å². The van der Waals surface area contributed by atoms with Crippen LogP contribution in [-0.4, -0.2) is 64.4 Å². The van der Waals surface area contributed by atoms with Gasteiger partial charge in [0.2, 0.25) is 0 Å². The summed E-state index contributed by atoms with van der Waals surface area (Å²) in [6.07, 6.45) is 5.01. The number of anilines is 1. The van der Waals surface area contributed by atoms with E-state index >= 15 is 0 Å². The number of nitriles is 1. The van der Waals surface area contributed by atoms with Crippen molar-refractivity contribution in [3.63, 3.8) is 0 Å². The molecule has 0 radical (unpaired) electrons. The molecule has 2 atom stereocenters. The van der Waals surface area contributed by atoms with E-state index in [2.05, 4.69) is 34.9 Å². The largest absolute Gasteiger partial charge is 0.462 e. The molecule has 0 spiro atoms. The van der Waals surface area contributed by atoms with Gasteiger partial charge in [-0.3, -0.25) is 4.79 Å². The van der Waals surface area contributed by atoms with Crippen molar-refractivity contribution < 1.29 is 17.9 Å². The second kappa shape index (κ2) is 12.5. The molecule has 2 aliphatic heterocycles. The number of esters is 1. The van der Waals surface area contributed by atoms with Gasteiger partial charge in [-0.15, -0.1) is 0 Å². The van der Waals surface area contributed by atoms with Gasteiger partial charge in [0.05, 0.1) is 16.4 Å². The highest BCUT2D eigenvalue weighted by molar-refractivity contribution is 7.90. The Labute approximate surface area is 233 Å². The quantitative estimate of drug-likeness (QED) is 0.370. The molecular formula is C31H41N3O4S. The number of rotatable bonds is 11. The van der Waals surface area contributed by atoms with Crippen LogP contribution in [0.15, 0.2) is 59.5 Å². The Balaban J connectivity index is 1.37. The predicted octanol–water partition coefficient (Wildman–Crippen LogP) is 4.82. The molecule has 8 heteroatoms. The van der Waals surface area contributed by atoms with Gasteiger partial charge in [0.1, 0.15) is 6.10 Å². The number of sulfone groups is 1. The van der Waals surface area contributed by atoms with Gasteiger partial charge < -0.3 is 14.5 Å². The van der Waals surface area contributed by atoms with Crippen LogP contribution in [0.3, 0.4) is 0 Å². The highest BCUT2D eigenvalue weighted by Crippen LogP contribution is 2.43. The fourth-order valence-corrected chi connectivity index (χ4v) is 6.98. The van der Waals surface area contributed by atoms with Crippen molar-refractivity contribution in [1.29, 1.82) is 5.26 Å². The summed E-state index contributed by atoms with van der Waals surface area (Å²) in [6.45, 7) is 8.39. The molecule has 0 amide bonds. The summed E-state index contributed by atoms with van der Waals surface area (Å²) in [7, 11) is -3.18. The maximum Gasteiger partial charge on any atom is 0.302 e. The van der Waals surface area contributed by atoms with Gasteiger partial charge in [-0.2, -0.15) is 5.26 Å². The van der Waals surface area contributed by atoms with Crippen LogP contribution in [0.2, 0.25) is 0 Å². The molecule has 2 aromatic rings. The lowest BCUT2D eigenvalue weighted by Crippen LogP contribution is -2.53. The van der Waals surface area contributed by atoms with E-state index in [1.54, 1.807) is 12.1 Å². The minimum atomic E-state index is -3.18. The van der Waals surface area contributed by atoms with Crippen molar-refractivity contribution in [2.75, 3.05) is 43.9 Å². The molecule has 4 rings (SSSR count). The molecule has 39 heavy (non-hydrogen) atoms. The molecule has 0 aromatic heterocycles. The number of benzene rings is 2. The van der Waals surface area contributed by atoms with Gasteiger partial charge in [-0.25, -0.2) is 8.42 Å². The molecule has 2 aromatic carbocycles. The zero-order valence-corrected chi connectivity index (χ0v) is 24.2. The fourth-order valence-electron chi connectivity index (χ4n) is 6.35. The van der Waals surface area contributed by atoms with E-state index < -0.39 is 15.3 Å². The van der Waals surface area contributed by atoms with Crippen LogP contribution in [-0.2, 0) is 24.8 Å². The Hall–Kier alpha value is -2.89. The molecule has 2 aliphatic rings. The van der Waals surface area contributed by atoms with Crippen molar-refractivity contribution >= 4 is 21.5 Å². The first-order valence-corrected chi connectivity index (χ1v) is 15.9. The molecule has 0 aliphatic carbocycles. The molecule has 1 unspecified atom stereocenters. The zero-order valence-electron chi connectivity index (χ0n) is 23.4. The Morgan fingerprint density at radius 1 is 1.10 bits per heavy atom. The summed E-state index contributed by atoms with van der Waals surface area (Å²) in [6, 6.07) is 20.0. The molecule has 0 bridgehead atoms. The monoisotopic (exact) mass is 551 g/mol. The fraction of sp³-hybridized carbons (Fsp3) is 0.548. The minimum absolute atomic E-state index is 0.197. The van der Waals surface area contributed by atoms with E-state index in [0.717, 1.165) is 69.7 Å². The van der Waals surface area contributed by atoms with Crippen LogP contribution in [0.25, 0.3) is 0 Å². The van der Waals surface area contributed by atoms with Gasteiger partial charge in [0.15, 0.2) is 9.84 Å². The summed E-state index contributed by atoms with van der Waals surface area (Å²) in [5.74, 6) is 0.482. The minimum Gasteiger partial charge on any atom is -0.462 e. The standard InChI is InChI=1S/C31H41N3O4S/c1-4-8-29(38-24(2)35)19-31(23-32,26-9-6-5-7-10-26)27-15-17-33(18-16-27)20-25-21-34(22-25)28-11-13-30(14-12-28)39(3,36)37/h5-7,9-14,25,27,29H,4,8,15-22H2,1-3H3/t29-,31?/m1/s1. The van der Waals surface area contributed by atoms with E-state index in [4.69, 9.17) is 4.74 Å². The Morgan fingerprint density at radius 2 is 1.74 bits per heavy atom. The smallest absolute Gasteiger partial charge is 0.302 e. The molecule has 2 saturated heterocycles. The van der Waals surface area contributed by atoms with E-state index in [9.17, 15) is 18.5 Å². The summed E-state index contributed by atoms with van der Waals surface area (Å²) in [5.41, 5.74) is 1.40. The maximum absolute atomic E-state index is 11.8. The van der Waals surface area contributed by atoms with Crippen LogP contribution in [0.5, 0.6) is 0 Å². The number of carbonyl (C=O) groups excluding carboxylic acids is 1. The lowest BCUT2D eigenvalue weighted by atomic mass is 9.64. The summed E-state index contributed by atoms with van der Waals surface area (Å²) in [5, 5.41) is 10.6. The number of nitrogens with zero attached hydrogens (tertiary/aromatic N) is 3. The van der Waals surface area contributed by atoms with Crippen LogP contribution in [0.1, 0.15) is 51.5 Å². The molecule has 2 fully saturated rings. The molecule has 0 saturated carbocycles. The number of ether oxygens (including phenoxy) is 1. The van der Waals surface area contributed by atoms with Crippen LogP contribution < -0.4 is 4.90 Å². The Kier molecular flexibility index (Phi) is 9.35. The van der Waals surface area contributed by atoms with Crippen molar-refractivity contribution in [3.8, 4) is 6.07 Å². The van der Waals surface area contributed by atoms with Gasteiger partial charge in [-0.05, 0) is 68.1 Å². The van der Waals surface area contributed by atoms with Crippen LogP contribution in [0, 0.1) is 23.2 Å². The highest BCUT2D eigenvalue weighted by Gasteiger charge is 2.44. The molecule has 210 valence electrons. The topological polar surface area (TPSA) is 90.7 Å². The van der Waals surface area contributed by atoms with Crippen LogP contribution >= 0.6 is 0 Å². The van der Waals surface area contributed by atoms with Gasteiger partial charge >= 0.3 is 5.97 Å². The van der Waals surface area contributed by atoms with Crippen molar-refractivity contribution in [1.82, 2.24) is 4.90 Å². The Morgan fingerprint density at radius 3 is 2.28 bits per heavy atom. The van der Waals surface area contributed by atoms with E-state index in [-0.39, 0.29) is 18.0 Å². The average molecular weight is 552 g/mol. The third-order valence-corrected chi connectivity index (χ3v) is 9.50. The molecular weight excluding hydrogens is 510 g/mol. The third-order valence-electron chi connectivity index (χ3n) is 8.37. The normalized spacial score (nSPS) is 19.5. The second-order valence-corrected chi connectivity index (χ2v) is 13.3. The second-order valence-electron chi connectivity index (χ2n) is 11.3. The summed E-state index contributed by atoms with van der Waals surface area (Å²) < 4.78 is 29.1. The van der Waals surface area contributed by atoms with Crippen molar-refractivity contribution in [2.45, 2.75) is 62.4 Å². The van der Waals surface area contributed by atoms with E-state index in [0.29, 0.717) is 17.2 Å². The summed E-state index contributed by atoms with van der Waals surface area (Å²) >= 11 is 0. The lowest BCUT2D eigenvalue weighted by Gasteiger charge is -2.46. The van der Waals surface area contributed by atoms with Gasteiger partial charge in [-0.1, -0.05) is 43.7 Å². The SMILES string of the molecule is CCC[C@H](CC(C#N)(c1ccccc1)C1CCN(CC2CN(c3ccc(S(C)(=O)=O)cc3)C2)CC1)OC(C)=O. The number of hydrogen-bond acceptors (Lipinski definition) is 7. The van der Waals surface area contributed by atoms with Gasteiger partial charge in [0, 0.05) is 50.8 Å². The van der Waals surface area contributed by atoms with Gasteiger partial charge in [0.25, 0.3) is 0 Å².